The van der Waals surface area contributed by atoms with Gasteiger partial charge in [0, 0.05) is 24.8 Å². The van der Waals surface area contributed by atoms with Crippen molar-refractivity contribution in [3.63, 3.8) is 0 Å². The Bertz CT molecular complexity index is 505. The zero-order valence-corrected chi connectivity index (χ0v) is 12.8. The van der Waals surface area contributed by atoms with Gasteiger partial charge < -0.3 is 25.4 Å². The Kier molecular flexibility index (Phi) is 4.69. The van der Waals surface area contributed by atoms with Gasteiger partial charge in [0.15, 0.2) is 0 Å². The summed E-state index contributed by atoms with van der Waals surface area (Å²) < 4.78 is 11.0. The maximum Gasteiger partial charge on any atom is 0.322 e. The van der Waals surface area contributed by atoms with Crippen molar-refractivity contribution < 1.29 is 14.3 Å². The van der Waals surface area contributed by atoms with Gasteiger partial charge in [-0.05, 0) is 26.0 Å². The van der Waals surface area contributed by atoms with Crippen LogP contribution in [-0.2, 0) is 4.74 Å². The molecule has 0 saturated carbocycles. The molecule has 1 fully saturated rings. The van der Waals surface area contributed by atoms with E-state index >= 15 is 0 Å². The zero-order valence-electron chi connectivity index (χ0n) is 12.8. The lowest BCUT2D eigenvalue weighted by molar-refractivity contribution is -0.119. The van der Waals surface area contributed by atoms with Crippen LogP contribution in [-0.4, -0.2) is 49.4 Å². The molecule has 6 heteroatoms. The number of nitrogens with zero attached hydrogens (tertiary/aromatic N) is 1. The molecule has 1 aromatic rings. The number of urea groups is 1. The van der Waals surface area contributed by atoms with E-state index in [0.29, 0.717) is 31.1 Å². The van der Waals surface area contributed by atoms with Crippen LogP contribution in [0.15, 0.2) is 24.3 Å². The molecule has 0 aliphatic carbocycles. The molecule has 21 heavy (non-hydrogen) atoms. The van der Waals surface area contributed by atoms with Gasteiger partial charge in [-0.15, -0.1) is 0 Å². The van der Waals surface area contributed by atoms with Crippen molar-refractivity contribution in [3.8, 4) is 5.75 Å². The number of morpholine rings is 1. The fraction of sp³-hybridized carbons (Fsp3) is 0.533. The van der Waals surface area contributed by atoms with Crippen LogP contribution < -0.4 is 15.8 Å². The number of rotatable bonds is 3. The van der Waals surface area contributed by atoms with Gasteiger partial charge in [0.2, 0.25) is 0 Å². The number of hydrogen-bond donors (Lipinski definition) is 2. The number of amides is 2. The van der Waals surface area contributed by atoms with E-state index in [1.165, 1.54) is 0 Å². The largest absolute Gasteiger partial charge is 0.497 e. The smallest absolute Gasteiger partial charge is 0.322 e. The third-order valence-corrected chi connectivity index (χ3v) is 3.35. The molecule has 1 aromatic carbocycles. The number of nitrogens with one attached hydrogen (secondary N) is 1. The van der Waals surface area contributed by atoms with Gasteiger partial charge in [-0.25, -0.2) is 4.79 Å². The average molecular weight is 293 g/mol. The topological polar surface area (TPSA) is 76.8 Å². The van der Waals surface area contributed by atoms with Crippen LogP contribution in [0.5, 0.6) is 5.75 Å². The van der Waals surface area contributed by atoms with Crippen molar-refractivity contribution in [1.29, 1.82) is 0 Å². The maximum absolute atomic E-state index is 12.4. The number of carbonyl (C=O) groups excluding carboxylic acids is 1. The van der Waals surface area contributed by atoms with Crippen LogP contribution in [0.1, 0.15) is 13.8 Å². The summed E-state index contributed by atoms with van der Waals surface area (Å²) in [5, 5.41) is 2.88. The highest BCUT2D eigenvalue weighted by Gasteiger charge is 2.35. The van der Waals surface area contributed by atoms with Crippen LogP contribution in [0.3, 0.4) is 0 Å². The first-order valence-corrected chi connectivity index (χ1v) is 7.01. The zero-order chi connectivity index (χ0) is 15.5. The number of ether oxygens (including phenoxy) is 2. The molecule has 1 aliphatic heterocycles. The van der Waals surface area contributed by atoms with E-state index in [-0.39, 0.29) is 12.1 Å². The first kappa shape index (κ1) is 15.6. The predicted molar refractivity (Wildman–Crippen MR) is 81.6 cm³/mol. The number of nitrogens with two attached hydrogens (primary N) is 1. The summed E-state index contributed by atoms with van der Waals surface area (Å²) in [6.07, 6.45) is -0.134. The molecule has 2 amide bonds. The molecule has 1 unspecified atom stereocenters. The minimum absolute atomic E-state index is 0.134. The minimum Gasteiger partial charge on any atom is -0.497 e. The van der Waals surface area contributed by atoms with Crippen LogP contribution in [0.4, 0.5) is 10.5 Å². The van der Waals surface area contributed by atoms with E-state index in [1.807, 2.05) is 32.0 Å². The molecule has 0 bridgehead atoms. The van der Waals surface area contributed by atoms with E-state index in [2.05, 4.69) is 5.32 Å². The van der Waals surface area contributed by atoms with Gasteiger partial charge in [-0.3, -0.25) is 0 Å². The summed E-state index contributed by atoms with van der Waals surface area (Å²) in [5.41, 5.74) is 5.98. The lowest BCUT2D eigenvalue weighted by Crippen LogP contribution is -2.57. The van der Waals surface area contributed by atoms with Crippen molar-refractivity contribution in [2.45, 2.75) is 25.6 Å². The van der Waals surface area contributed by atoms with Gasteiger partial charge >= 0.3 is 6.03 Å². The highest BCUT2D eigenvalue weighted by atomic mass is 16.5. The highest BCUT2D eigenvalue weighted by Crippen LogP contribution is 2.22. The number of hydrogen-bond acceptors (Lipinski definition) is 4. The van der Waals surface area contributed by atoms with Gasteiger partial charge in [0.25, 0.3) is 0 Å². The molecule has 0 spiro atoms. The normalized spacial score (nSPS) is 21.0. The predicted octanol–water partition coefficient (Wildman–Crippen LogP) is 1.67. The van der Waals surface area contributed by atoms with Crippen LogP contribution in [0.25, 0.3) is 0 Å². The first-order valence-electron chi connectivity index (χ1n) is 7.01. The summed E-state index contributed by atoms with van der Waals surface area (Å²) in [7, 11) is 1.59. The lowest BCUT2D eigenvalue weighted by atomic mass is 10.1. The molecule has 1 saturated heterocycles. The minimum atomic E-state index is -0.395. The molecular weight excluding hydrogens is 270 g/mol. The number of methoxy groups -OCH3 is 1. The third-order valence-electron chi connectivity index (χ3n) is 3.35. The fourth-order valence-corrected chi connectivity index (χ4v) is 2.48. The molecule has 1 heterocycles. The van der Waals surface area contributed by atoms with Gasteiger partial charge in [-0.1, -0.05) is 6.07 Å². The van der Waals surface area contributed by atoms with E-state index in [1.54, 1.807) is 18.1 Å². The molecule has 3 N–H and O–H groups in total. The summed E-state index contributed by atoms with van der Waals surface area (Å²) in [6.45, 7) is 5.34. The Hall–Kier alpha value is -1.79. The molecule has 1 atom stereocenters. The maximum atomic E-state index is 12.4. The standard InChI is InChI=1S/C15H23N3O3/c1-15(2)10-18(9-13(8-16)21-15)14(19)17-11-5-4-6-12(7-11)20-3/h4-7,13H,8-10,16H2,1-3H3,(H,17,19). The van der Waals surface area contributed by atoms with Crippen molar-refractivity contribution >= 4 is 11.7 Å². The monoisotopic (exact) mass is 293 g/mol. The van der Waals surface area contributed by atoms with E-state index in [0.717, 1.165) is 0 Å². The average Bonchev–Trinajstić information content (AvgIpc) is 2.45. The van der Waals surface area contributed by atoms with E-state index < -0.39 is 5.60 Å². The summed E-state index contributed by atoms with van der Waals surface area (Å²) in [6, 6.07) is 7.12. The molecule has 2 rings (SSSR count). The fourth-order valence-electron chi connectivity index (χ4n) is 2.48. The van der Waals surface area contributed by atoms with Crippen LogP contribution in [0.2, 0.25) is 0 Å². The van der Waals surface area contributed by atoms with Crippen LogP contribution >= 0.6 is 0 Å². The van der Waals surface area contributed by atoms with Crippen molar-refractivity contribution in [1.82, 2.24) is 4.90 Å². The first-order chi connectivity index (χ1) is 9.93. The second kappa shape index (κ2) is 6.32. The van der Waals surface area contributed by atoms with Crippen molar-refractivity contribution in [2.24, 2.45) is 5.73 Å². The van der Waals surface area contributed by atoms with Gasteiger partial charge in [0.1, 0.15) is 5.75 Å². The SMILES string of the molecule is COc1cccc(NC(=O)N2CC(CN)OC(C)(C)C2)c1. The molecular formula is C15H23N3O3. The Morgan fingerprint density at radius 1 is 1.57 bits per heavy atom. The second-order valence-corrected chi connectivity index (χ2v) is 5.78. The molecule has 6 nitrogen and oxygen atoms in total. The Labute approximate surface area is 125 Å². The summed E-state index contributed by atoms with van der Waals surface area (Å²) >= 11 is 0. The Morgan fingerprint density at radius 2 is 2.33 bits per heavy atom. The van der Waals surface area contributed by atoms with Gasteiger partial charge in [-0.2, -0.15) is 0 Å². The molecule has 0 radical (unpaired) electrons. The number of anilines is 1. The lowest BCUT2D eigenvalue weighted by Gasteiger charge is -2.42. The van der Waals surface area contributed by atoms with Crippen molar-refractivity contribution in [2.75, 3.05) is 32.1 Å². The number of benzene rings is 1. The van der Waals surface area contributed by atoms with E-state index in [9.17, 15) is 4.79 Å². The quantitative estimate of drug-likeness (QED) is 0.888. The van der Waals surface area contributed by atoms with Crippen LogP contribution in [0, 0.1) is 0 Å². The molecule has 116 valence electrons. The third kappa shape index (κ3) is 4.09. The molecule has 0 aromatic heterocycles. The Balaban J connectivity index is 2.05. The highest BCUT2D eigenvalue weighted by molar-refractivity contribution is 5.89. The van der Waals surface area contributed by atoms with Gasteiger partial charge in [0.05, 0.1) is 25.4 Å². The number of carbonyl (C=O) groups is 1. The molecule has 1 aliphatic rings. The Morgan fingerprint density at radius 3 is 3.00 bits per heavy atom. The summed E-state index contributed by atoms with van der Waals surface area (Å²) in [5.74, 6) is 0.704. The summed E-state index contributed by atoms with van der Waals surface area (Å²) in [4.78, 5) is 14.1. The second-order valence-electron chi connectivity index (χ2n) is 5.78. The van der Waals surface area contributed by atoms with E-state index in [4.69, 9.17) is 15.2 Å². The van der Waals surface area contributed by atoms with Crippen molar-refractivity contribution in [3.05, 3.63) is 24.3 Å².